The van der Waals surface area contributed by atoms with Gasteiger partial charge in [-0.25, -0.2) is 4.39 Å². The van der Waals surface area contributed by atoms with Gasteiger partial charge in [-0.1, -0.05) is 61.6 Å². The standard InChI is InChI=1S/C27H22F6O/c1-2-3-4-19-5-7-20(8-6-19)9-10-21-11-13-22(14-12-21)23-15-17-24(18-16-23)34-27(32,33)25(28)26(29,30)31/h5-8,11-18,25H,2-4H2,1H3. The van der Waals surface area contributed by atoms with Crippen molar-refractivity contribution in [1.82, 2.24) is 0 Å². The first-order chi connectivity index (χ1) is 16.1. The molecular weight excluding hydrogens is 454 g/mol. The number of halogens is 6. The molecule has 0 N–H and O–H groups in total. The lowest BCUT2D eigenvalue weighted by Crippen LogP contribution is -2.45. The fraction of sp³-hybridized carbons (Fsp3) is 0.259. The van der Waals surface area contributed by atoms with E-state index in [0.717, 1.165) is 48.1 Å². The first-order valence-electron chi connectivity index (χ1n) is 10.7. The third-order valence-electron chi connectivity index (χ3n) is 5.03. The molecule has 0 aromatic heterocycles. The van der Waals surface area contributed by atoms with Crippen molar-refractivity contribution in [3.05, 3.63) is 89.5 Å². The van der Waals surface area contributed by atoms with E-state index in [2.05, 4.69) is 35.6 Å². The molecule has 178 valence electrons. The summed E-state index contributed by atoms with van der Waals surface area (Å²) in [6.45, 7) is 2.15. The lowest BCUT2D eigenvalue weighted by Gasteiger charge is -2.23. The Kier molecular flexibility index (Phi) is 7.93. The minimum absolute atomic E-state index is 0.580. The average molecular weight is 476 g/mol. The summed E-state index contributed by atoms with van der Waals surface area (Å²) in [5.41, 5.74) is 4.31. The second-order valence-electron chi connectivity index (χ2n) is 7.72. The summed E-state index contributed by atoms with van der Waals surface area (Å²) < 4.78 is 80.4. The van der Waals surface area contributed by atoms with E-state index in [-0.39, 0.29) is 0 Å². The van der Waals surface area contributed by atoms with Crippen LogP contribution < -0.4 is 4.74 Å². The molecule has 3 rings (SSSR count). The molecular formula is C27H22F6O. The summed E-state index contributed by atoms with van der Waals surface area (Å²) in [5.74, 6) is 5.60. The fourth-order valence-electron chi connectivity index (χ4n) is 3.14. The Morgan fingerprint density at radius 3 is 1.68 bits per heavy atom. The summed E-state index contributed by atoms with van der Waals surface area (Å²) >= 11 is 0. The van der Waals surface area contributed by atoms with Gasteiger partial charge in [-0.2, -0.15) is 22.0 Å². The Morgan fingerprint density at radius 2 is 1.21 bits per heavy atom. The van der Waals surface area contributed by atoms with Crippen LogP contribution in [0.25, 0.3) is 11.1 Å². The van der Waals surface area contributed by atoms with Gasteiger partial charge in [0.1, 0.15) is 5.75 Å². The number of ether oxygens (including phenoxy) is 1. The van der Waals surface area contributed by atoms with Gasteiger partial charge in [-0.05, 0) is 65.9 Å². The summed E-state index contributed by atoms with van der Waals surface area (Å²) in [6.07, 6.45) is -11.8. The van der Waals surface area contributed by atoms with Crippen LogP contribution in [0.1, 0.15) is 36.5 Å². The van der Waals surface area contributed by atoms with E-state index in [1.165, 1.54) is 17.7 Å². The van der Waals surface area contributed by atoms with Gasteiger partial charge in [-0.15, -0.1) is 0 Å². The molecule has 1 nitrogen and oxygen atoms in total. The van der Waals surface area contributed by atoms with E-state index >= 15 is 0 Å². The van der Waals surface area contributed by atoms with E-state index in [1.807, 2.05) is 12.1 Å². The highest BCUT2D eigenvalue weighted by Gasteiger charge is 2.59. The molecule has 1 unspecified atom stereocenters. The summed E-state index contributed by atoms with van der Waals surface area (Å²) in [7, 11) is 0. The predicted octanol–water partition coefficient (Wildman–Crippen LogP) is 7.97. The maximum Gasteiger partial charge on any atom is 0.439 e. The van der Waals surface area contributed by atoms with E-state index in [9.17, 15) is 26.3 Å². The number of hydrogen-bond donors (Lipinski definition) is 0. The highest BCUT2D eigenvalue weighted by molar-refractivity contribution is 5.65. The Labute approximate surface area is 194 Å². The molecule has 7 heteroatoms. The molecule has 0 aliphatic rings. The van der Waals surface area contributed by atoms with Crippen molar-refractivity contribution in [3.8, 4) is 28.7 Å². The molecule has 0 saturated carbocycles. The predicted molar refractivity (Wildman–Crippen MR) is 119 cm³/mol. The first kappa shape index (κ1) is 25.2. The van der Waals surface area contributed by atoms with Crippen LogP contribution in [0.15, 0.2) is 72.8 Å². The average Bonchev–Trinajstić information content (AvgIpc) is 2.81. The lowest BCUT2D eigenvalue weighted by molar-refractivity contribution is -0.304. The van der Waals surface area contributed by atoms with Crippen molar-refractivity contribution >= 4 is 0 Å². The molecule has 0 heterocycles. The van der Waals surface area contributed by atoms with Crippen molar-refractivity contribution < 1.29 is 31.1 Å². The molecule has 0 fully saturated rings. The van der Waals surface area contributed by atoms with Crippen LogP contribution in [0.4, 0.5) is 26.3 Å². The van der Waals surface area contributed by atoms with Crippen molar-refractivity contribution in [1.29, 1.82) is 0 Å². The van der Waals surface area contributed by atoms with Crippen LogP contribution in [-0.4, -0.2) is 18.5 Å². The van der Waals surface area contributed by atoms with Gasteiger partial charge in [0.2, 0.25) is 0 Å². The van der Waals surface area contributed by atoms with Gasteiger partial charge in [0.15, 0.2) is 0 Å². The van der Waals surface area contributed by atoms with Crippen LogP contribution in [0.2, 0.25) is 0 Å². The SMILES string of the molecule is CCCCc1ccc(C#Cc2ccc(-c3ccc(OC(F)(F)C(F)C(F)(F)F)cc3)cc2)cc1. The molecule has 3 aromatic carbocycles. The summed E-state index contributed by atoms with van der Waals surface area (Å²) in [5, 5.41) is 0. The molecule has 3 aromatic rings. The van der Waals surface area contributed by atoms with Crippen molar-refractivity contribution in [3.63, 3.8) is 0 Å². The number of rotatable bonds is 7. The topological polar surface area (TPSA) is 9.23 Å². The number of alkyl halides is 6. The minimum Gasteiger partial charge on any atom is -0.430 e. The highest BCUT2D eigenvalue weighted by Crippen LogP contribution is 2.37. The van der Waals surface area contributed by atoms with E-state index in [0.29, 0.717) is 5.56 Å². The van der Waals surface area contributed by atoms with Gasteiger partial charge < -0.3 is 4.74 Å². The molecule has 0 radical (unpaired) electrons. The maximum atomic E-state index is 13.4. The van der Waals surface area contributed by atoms with Crippen molar-refractivity contribution in [2.45, 2.75) is 44.6 Å². The molecule has 0 aliphatic carbocycles. The molecule has 0 saturated heterocycles. The summed E-state index contributed by atoms with van der Waals surface area (Å²) in [4.78, 5) is 0. The molecule has 0 spiro atoms. The third kappa shape index (κ3) is 6.80. The second-order valence-corrected chi connectivity index (χ2v) is 7.72. The zero-order valence-corrected chi connectivity index (χ0v) is 18.3. The monoisotopic (exact) mass is 476 g/mol. The molecule has 0 aliphatic heterocycles. The number of aryl methyl sites for hydroxylation is 1. The van der Waals surface area contributed by atoms with E-state index in [4.69, 9.17) is 0 Å². The smallest absolute Gasteiger partial charge is 0.430 e. The first-order valence-corrected chi connectivity index (χ1v) is 10.7. The van der Waals surface area contributed by atoms with Gasteiger partial charge in [0.25, 0.3) is 6.17 Å². The maximum absolute atomic E-state index is 13.4. The Hall–Kier alpha value is -3.40. The Balaban J connectivity index is 1.65. The minimum atomic E-state index is -5.73. The zero-order valence-electron chi connectivity index (χ0n) is 18.3. The largest absolute Gasteiger partial charge is 0.439 e. The number of hydrogen-bond acceptors (Lipinski definition) is 1. The van der Waals surface area contributed by atoms with Crippen LogP contribution in [0, 0.1) is 11.8 Å². The lowest BCUT2D eigenvalue weighted by atomic mass is 10.0. The quantitative estimate of drug-likeness (QED) is 0.248. The molecule has 1 atom stereocenters. The van der Waals surface area contributed by atoms with E-state index < -0.39 is 24.2 Å². The van der Waals surface area contributed by atoms with Crippen molar-refractivity contribution in [2.75, 3.05) is 0 Å². The zero-order chi connectivity index (χ0) is 24.8. The van der Waals surface area contributed by atoms with Crippen LogP contribution in [0.5, 0.6) is 5.75 Å². The van der Waals surface area contributed by atoms with E-state index in [1.54, 1.807) is 24.3 Å². The number of unbranched alkanes of at least 4 members (excludes halogenated alkanes) is 1. The van der Waals surface area contributed by atoms with Gasteiger partial charge >= 0.3 is 12.3 Å². The summed E-state index contributed by atoms with van der Waals surface area (Å²) in [6, 6.07) is 20.2. The fourth-order valence-corrected chi connectivity index (χ4v) is 3.14. The third-order valence-corrected chi connectivity index (χ3v) is 5.03. The molecule has 0 amide bonds. The van der Waals surface area contributed by atoms with Crippen LogP contribution >= 0.6 is 0 Å². The molecule has 0 bridgehead atoms. The van der Waals surface area contributed by atoms with Gasteiger partial charge in [0, 0.05) is 11.1 Å². The molecule has 34 heavy (non-hydrogen) atoms. The highest BCUT2D eigenvalue weighted by atomic mass is 19.4. The second kappa shape index (κ2) is 10.7. The van der Waals surface area contributed by atoms with Gasteiger partial charge in [0.05, 0.1) is 0 Å². The van der Waals surface area contributed by atoms with Crippen molar-refractivity contribution in [2.24, 2.45) is 0 Å². The van der Waals surface area contributed by atoms with Crippen LogP contribution in [0.3, 0.4) is 0 Å². The Bertz CT molecular complexity index is 1120. The normalized spacial score (nSPS) is 12.6. The Morgan fingerprint density at radius 1 is 0.735 bits per heavy atom. The van der Waals surface area contributed by atoms with Gasteiger partial charge in [-0.3, -0.25) is 0 Å². The number of benzene rings is 3. The van der Waals surface area contributed by atoms with Crippen LogP contribution in [-0.2, 0) is 6.42 Å².